The minimum Gasteiger partial charge on any atom is -0.398 e. The van der Waals surface area contributed by atoms with E-state index in [1.165, 1.54) is 12.1 Å². The summed E-state index contributed by atoms with van der Waals surface area (Å²) in [7, 11) is -3.82. The topological polar surface area (TPSA) is 92.5 Å². The van der Waals surface area contributed by atoms with Gasteiger partial charge in [0.2, 0.25) is 15.9 Å². The van der Waals surface area contributed by atoms with Crippen LogP contribution in [0.5, 0.6) is 0 Å². The standard InChI is InChI=1S/C13H20BrN3O3S/c1-4-17(8-13(18)16-9(2)3)21(19,20)12-7-10(14)5-6-11(12)15/h5-7,9H,4,8,15H2,1-3H3,(H,16,18). The molecule has 8 heteroatoms. The van der Waals surface area contributed by atoms with E-state index in [-0.39, 0.29) is 35.6 Å². The number of hydrogen-bond acceptors (Lipinski definition) is 4. The molecule has 1 amide bonds. The zero-order valence-electron chi connectivity index (χ0n) is 12.3. The first-order chi connectivity index (χ1) is 9.68. The molecule has 3 N–H and O–H groups in total. The summed E-state index contributed by atoms with van der Waals surface area (Å²) in [6.45, 7) is 5.25. The molecular formula is C13H20BrN3O3S. The van der Waals surface area contributed by atoms with Crippen LogP contribution in [0.15, 0.2) is 27.6 Å². The van der Waals surface area contributed by atoms with E-state index in [9.17, 15) is 13.2 Å². The predicted octanol–water partition coefficient (Wildman–Crippen LogP) is 1.57. The van der Waals surface area contributed by atoms with Crippen LogP contribution < -0.4 is 11.1 Å². The Bertz CT molecular complexity index is 617. The van der Waals surface area contributed by atoms with Crippen LogP contribution in [-0.4, -0.2) is 37.8 Å². The third kappa shape index (κ3) is 4.69. The molecule has 0 spiro atoms. The lowest BCUT2D eigenvalue weighted by atomic mass is 10.3. The van der Waals surface area contributed by atoms with Crippen molar-refractivity contribution < 1.29 is 13.2 Å². The summed E-state index contributed by atoms with van der Waals surface area (Å²) < 4.78 is 26.9. The third-order valence-corrected chi connectivity index (χ3v) is 5.19. The van der Waals surface area contributed by atoms with Gasteiger partial charge in [-0.05, 0) is 32.0 Å². The second-order valence-electron chi connectivity index (χ2n) is 4.84. The maximum Gasteiger partial charge on any atom is 0.245 e. The zero-order valence-corrected chi connectivity index (χ0v) is 14.7. The Morgan fingerprint density at radius 3 is 2.57 bits per heavy atom. The van der Waals surface area contributed by atoms with Crippen LogP contribution in [0.2, 0.25) is 0 Å². The average molecular weight is 378 g/mol. The number of halogens is 1. The van der Waals surface area contributed by atoms with E-state index in [4.69, 9.17) is 5.73 Å². The summed E-state index contributed by atoms with van der Waals surface area (Å²) in [5, 5.41) is 2.67. The molecule has 1 aromatic rings. The second-order valence-corrected chi connectivity index (χ2v) is 7.66. The highest BCUT2D eigenvalue weighted by Gasteiger charge is 2.27. The molecule has 118 valence electrons. The van der Waals surface area contributed by atoms with Crippen molar-refractivity contribution in [3.05, 3.63) is 22.7 Å². The first-order valence-corrected chi connectivity index (χ1v) is 8.76. The minimum absolute atomic E-state index is 0.00364. The number of nitrogens with two attached hydrogens (primary N) is 1. The number of rotatable bonds is 6. The molecule has 0 aliphatic rings. The van der Waals surface area contributed by atoms with Crippen molar-refractivity contribution in [2.24, 2.45) is 0 Å². The van der Waals surface area contributed by atoms with E-state index in [0.29, 0.717) is 4.47 Å². The Morgan fingerprint density at radius 2 is 2.05 bits per heavy atom. The molecule has 1 rings (SSSR count). The van der Waals surface area contributed by atoms with Gasteiger partial charge in [-0.1, -0.05) is 22.9 Å². The van der Waals surface area contributed by atoms with Crippen LogP contribution in [0.4, 0.5) is 5.69 Å². The molecule has 0 saturated carbocycles. The van der Waals surface area contributed by atoms with E-state index < -0.39 is 10.0 Å². The van der Waals surface area contributed by atoms with E-state index >= 15 is 0 Å². The number of carbonyl (C=O) groups excluding carboxylic acids is 1. The number of anilines is 1. The van der Waals surface area contributed by atoms with Gasteiger partial charge in [0.25, 0.3) is 0 Å². The number of likely N-dealkylation sites (N-methyl/N-ethyl adjacent to an activating group) is 1. The maximum atomic E-state index is 12.6. The van der Waals surface area contributed by atoms with Crippen LogP contribution in [0.3, 0.4) is 0 Å². The number of carbonyl (C=O) groups is 1. The lowest BCUT2D eigenvalue weighted by molar-refractivity contribution is -0.121. The van der Waals surface area contributed by atoms with Gasteiger partial charge in [0.05, 0.1) is 12.2 Å². The molecule has 0 fully saturated rings. The Morgan fingerprint density at radius 1 is 1.43 bits per heavy atom. The SMILES string of the molecule is CCN(CC(=O)NC(C)C)S(=O)(=O)c1cc(Br)ccc1N. The maximum absolute atomic E-state index is 12.6. The van der Waals surface area contributed by atoms with E-state index in [1.54, 1.807) is 13.0 Å². The Labute approximate surface area is 133 Å². The molecule has 21 heavy (non-hydrogen) atoms. The number of amides is 1. The quantitative estimate of drug-likeness (QED) is 0.735. The number of sulfonamides is 1. The molecule has 0 bridgehead atoms. The summed E-state index contributed by atoms with van der Waals surface area (Å²) in [6.07, 6.45) is 0. The van der Waals surface area contributed by atoms with Gasteiger partial charge >= 0.3 is 0 Å². The van der Waals surface area contributed by atoms with Crippen molar-refractivity contribution in [3.8, 4) is 0 Å². The van der Waals surface area contributed by atoms with Crippen molar-refractivity contribution in [3.63, 3.8) is 0 Å². The molecule has 0 radical (unpaired) electrons. The number of nitrogens with one attached hydrogen (secondary N) is 1. The first-order valence-electron chi connectivity index (χ1n) is 6.53. The van der Waals surface area contributed by atoms with Crippen LogP contribution in [0, 0.1) is 0 Å². The molecule has 6 nitrogen and oxygen atoms in total. The molecule has 0 aromatic heterocycles. The molecule has 0 aliphatic heterocycles. The van der Waals surface area contributed by atoms with E-state index in [0.717, 1.165) is 4.31 Å². The van der Waals surface area contributed by atoms with Crippen LogP contribution in [0.25, 0.3) is 0 Å². The lowest BCUT2D eigenvalue weighted by Crippen LogP contribution is -2.42. The van der Waals surface area contributed by atoms with Crippen molar-refractivity contribution in [2.75, 3.05) is 18.8 Å². The van der Waals surface area contributed by atoms with Gasteiger partial charge < -0.3 is 11.1 Å². The Hall–Kier alpha value is -1.12. The Balaban J connectivity index is 3.08. The molecule has 1 aromatic carbocycles. The van der Waals surface area contributed by atoms with Crippen LogP contribution in [0.1, 0.15) is 20.8 Å². The summed E-state index contributed by atoms with van der Waals surface area (Å²) in [6, 6.07) is 4.57. The summed E-state index contributed by atoms with van der Waals surface area (Å²) in [5.74, 6) is -0.344. The highest BCUT2D eigenvalue weighted by molar-refractivity contribution is 9.10. The van der Waals surface area contributed by atoms with Crippen LogP contribution in [-0.2, 0) is 14.8 Å². The van der Waals surface area contributed by atoms with Gasteiger partial charge in [0, 0.05) is 17.1 Å². The smallest absolute Gasteiger partial charge is 0.245 e. The van der Waals surface area contributed by atoms with Gasteiger partial charge in [0.15, 0.2) is 0 Å². The fourth-order valence-electron chi connectivity index (χ4n) is 1.77. The summed E-state index contributed by atoms with van der Waals surface area (Å²) in [4.78, 5) is 11.8. The predicted molar refractivity (Wildman–Crippen MR) is 86.3 cm³/mol. The van der Waals surface area contributed by atoms with Gasteiger partial charge in [-0.2, -0.15) is 4.31 Å². The largest absolute Gasteiger partial charge is 0.398 e. The molecular weight excluding hydrogens is 358 g/mol. The number of nitrogen functional groups attached to an aromatic ring is 1. The highest BCUT2D eigenvalue weighted by Crippen LogP contribution is 2.25. The van der Waals surface area contributed by atoms with Gasteiger partial charge in [0.1, 0.15) is 4.90 Å². The zero-order chi connectivity index (χ0) is 16.2. The van der Waals surface area contributed by atoms with E-state index in [2.05, 4.69) is 21.2 Å². The fraction of sp³-hybridized carbons (Fsp3) is 0.462. The molecule has 0 heterocycles. The van der Waals surface area contributed by atoms with E-state index in [1.807, 2.05) is 13.8 Å². The Kier molecular flexibility index (Phi) is 6.18. The van der Waals surface area contributed by atoms with Crippen LogP contribution >= 0.6 is 15.9 Å². The molecule has 0 aliphatic carbocycles. The second kappa shape index (κ2) is 7.24. The average Bonchev–Trinajstić information content (AvgIpc) is 2.37. The number of benzene rings is 1. The number of nitrogens with zero attached hydrogens (tertiary/aromatic N) is 1. The summed E-state index contributed by atoms with van der Waals surface area (Å²) >= 11 is 3.23. The third-order valence-electron chi connectivity index (χ3n) is 2.72. The normalized spacial score (nSPS) is 11.9. The van der Waals surface area contributed by atoms with Crippen molar-refractivity contribution in [1.82, 2.24) is 9.62 Å². The van der Waals surface area contributed by atoms with Gasteiger partial charge in [-0.15, -0.1) is 0 Å². The summed E-state index contributed by atoms with van der Waals surface area (Å²) in [5.41, 5.74) is 5.91. The van der Waals surface area contributed by atoms with Crippen molar-refractivity contribution >= 4 is 37.5 Å². The monoisotopic (exact) mass is 377 g/mol. The van der Waals surface area contributed by atoms with Gasteiger partial charge in [-0.3, -0.25) is 4.79 Å². The molecule has 0 saturated heterocycles. The van der Waals surface area contributed by atoms with Crippen molar-refractivity contribution in [1.29, 1.82) is 0 Å². The molecule has 0 atom stereocenters. The fourth-order valence-corrected chi connectivity index (χ4v) is 3.82. The first kappa shape index (κ1) is 17.9. The minimum atomic E-state index is -3.82. The number of hydrogen-bond donors (Lipinski definition) is 2. The molecule has 0 unspecified atom stereocenters. The lowest BCUT2D eigenvalue weighted by Gasteiger charge is -2.21. The highest BCUT2D eigenvalue weighted by atomic mass is 79.9. The van der Waals surface area contributed by atoms with Gasteiger partial charge in [-0.25, -0.2) is 8.42 Å². The van der Waals surface area contributed by atoms with Crippen molar-refractivity contribution in [2.45, 2.75) is 31.7 Å².